The number of amides is 1. The molecule has 1 amide bonds. The highest BCUT2D eigenvalue weighted by Gasteiger charge is 2.01. The van der Waals surface area contributed by atoms with Crippen molar-refractivity contribution in [3.8, 4) is 0 Å². The number of rotatable bonds is 9. The van der Waals surface area contributed by atoms with Gasteiger partial charge in [0.1, 0.15) is 0 Å². The average molecular weight is 239 g/mol. The molecule has 0 aromatic carbocycles. The third-order valence-corrected chi connectivity index (χ3v) is 2.24. The van der Waals surface area contributed by atoms with Gasteiger partial charge in [-0.25, -0.2) is 4.98 Å². The highest BCUT2D eigenvalue weighted by molar-refractivity contribution is 5.75. The van der Waals surface area contributed by atoms with Gasteiger partial charge >= 0.3 is 0 Å². The highest BCUT2D eigenvalue weighted by Crippen LogP contribution is 1.96. The fourth-order valence-electron chi connectivity index (χ4n) is 1.37. The van der Waals surface area contributed by atoms with Crippen LogP contribution in [0.25, 0.3) is 0 Å². The molecule has 1 rings (SSSR count). The lowest BCUT2D eigenvalue weighted by Gasteiger charge is -2.03. The van der Waals surface area contributed by atoms with Crippen LogP contribution in [0.4, 0.5) is 0 Å². The Kier molecular flexibility index (Phi) is 6.47. The zero-order valence-corrected chi connectivity index (χ0v) is 9.65. The van der Waals surface area contributed by atoms with Gasteiger partial charge in [0.25, 0.3) is 6.47 Å². The summed E-state index contributed by atoms with van der Waals surface area (Å²) in [5.74, 6) is 0.0200. The fraction of sp³-hybridized carbons (Fsp3) is 0.545. The number of carbonyl (C=O) groups is 2. The minimum Gasteiger partial charge on any atom is -0.468 e. The van der Waals surface area contributed by atoms with Crippen molar-refractivity contribution < 1.29 is 14.3 Å². The zero-order valence-electron chi connectivity index (χ0n) is 9.65. The van der Waals surface area contributed by atoms with Crippen LogP contribution >= 0.6 is 0 Å². The smallest absolute Gasteiger partial charge is 0.293 e. The van der Waals surface area contributed by atoms with Crippen molar-refractivity contribution in [1.29, 1.82) is 0 Å². The van der Waals surface area contributed by atoms with Crippen molar-refractivity contribution in [1.82, 2.24) is 15.3 Å². The number of hydrogen-bond donors (Lipinski definition) is 2. The molecular weight excluding hydrogens is 222 g/mol. The van der Waals surface area contributed by atoms with Crippen LogP contribution in [0.1, 0.15) is 25.0 Å². The van der Waals surface area contributed by atoms with Gasteiger partial charge in [0, 0.05) is 25.6 Å². The van der Waals surface area contributed by atoms with Crippen LogP contribution in [0, 0.1) is 0 Å². The minimum atomic E-state index is 0.0200. The molecule has 94 valence electrons. The second-order valence-corrected chi connectivity index (χ2v) is 3.58. The van der Waals surface area contributed by atoms with Gasteiger partial charge in [-0.1, -0.05) is 0 Å². The summed E-state index contributed by atoms with van der Waals surface area (Å²) >= 11 is 0. The van der Waals surface area contributed by atoms with Gasteiger partial charge in [0.15, 0.2) is 0 Å². The van der Waals surface area contributed by atoms with E-state index in [-0.39, 0.29) is 5.91 Å². The van der Waals surface area contributed by atoms with Crippen molar-refractivity contribution in [2.45, 2.75) is 25.7 Å². The molecule has 0 bridgehead atoms. The molecule has 0 saturated heterocycles. The number of ether oxygens (including phenoxy) is 1. The number of aromatic amines is 1. The molecule has 0 fully saturated rings. The molecular formula is C11H17N3O3. The summed E-state index contributed by atoms with van der Waals surface area (Å²) in [5.41, 5.74) is 0.935. The maximum Gasteiger partial charge on any atom is 0.293 e. The number of hydrogen-bond acceptors (Lipinski definition) is 4. The lowest BCUT2D eigenvalue weighted by molar-refractivity contribution is -0.128. The van der Waals surface area contributed by atoms with Crippen LogP contribution < -0.4 is 5.32 Å². The average Bonchev–Trinajstić information content (AvgIpc) is 2.82. The van der Waals surface area contributed by atoms with E-state index in [2.05, 4.69) is 20.0 Å². The molecule has 0 aliphatic heterocycles. The first-order valence-electron chi connectivity index (χ1n) is 5.62. The van der Waals surface area contributed by atoms with Crippen LogP contribution in [-0.4, -0.2) is 35.5 Å². The number of H-pyrrole nitrogens is 1. The van der Waals surface area contributed by atoms with Gasteiger partial charge in [0.05, 0.1) is 18.6 Å². The third kappa shape index (κ3) is 6.34. The summed E-state index contributed by atoms with van der Waals surface area (Å²) in [7, 11) is 0. The number of nitrogens with zero attached hydrogens (tertiary/aromatic N) is 1. The first kappa shape index (κ1) is 13.2. The van der Waals surface area contributed by atoms with E-state index in [9.17, 15) is 9.59 Å². The topological polar surface area (TPSA) is 84.1 Å². The van der Waals surface area contributed by atoms with E-state index in [0.29, 0.717) is 32.5 Å². The molecule has 1 aromatic rings. The van der Waals surface area contributed by atoms with Crippen LogP contribution in [0.5, 0.6) is 0 Å². The second kappa shape index (κ2) is 8.32. The molecule has 0 aliphatic rings. The lowest BCUT2D eigenvalue weighted by atomic mass is 10.2. The predicted octanol–water partition coefficient (Wildman–Crippen LogP) is 0.412. The Labute approximate surface area is 99.8 Å². The maximum absolute atomic E-state index is 11.4. The highest BCUT2D eigenvalue weighted by atomic mass is 16.5. The van der Waals surface area contributed by atoms with Gasteiger partial charge < -0.3 is 15.0 Å². The molecule has 0 unspecified atom stereocenters. The Bertz CT molecular complexity index is 325. The van der Waals surface area contributed by atoms with Crippen LogP contribution in [0.15, 0.2) is 12.5 Å². The monoisotopic (exact) mass is 239 g/mol. The summed E-state index contributed by atoms with van der Waals surface area (Å²) in [4.78, 5) is 28.1. The number of imidazole rings is 1. The number of aromatic nitrogens is 2. The summed E-state index contributed by atoms with van der Waals surface area (Å²) < 4.78 is 4.52. The van der Waals surface area contributed by atoms with Crippen LogP contribution in [0.3, 0.4) is 0 Å². The van der Waals surface area contributed by atoms with Crippen molar-refractivity contribution in [2.75, 3.05) is 13.2 Å². The number of unbranched alkanes of at least 4 members (excludes halogenated alkanes) is 1. The fourth-order valence-corrected chi connectivity index (χ4v) is 1.37. The van der Waals surface area contributed by atoms with Gasteiger partial charge in [-0.3, -0.25) is 9.59 Å². The molecule has 6 heteroatoms. The van der Waals surface area contributed by atoms with Gasteiger partial charge in [-0.2, -0.15) is 0 Å². The minimum absolute atomic E-state index is 0.0200. The van der Waals surface area contributed by atoms with Gasteiger partial charge in [-0.05, 0) is 12.8 Å². The Morgan fingerprint density at radius 1 is 1.53 bits per heavy atom. The van der Waals surface area contributed by atoms with Gasteiger partial charge in [-0.15, -0.1) is 0 Å². The molecule has 1 aromatic heterocycles. The van der Waals surface area contributed by atoms with E-state index in [0.717, 1.165) is 18.5 Å². The summed E-state index contributed by atoms with van der Waals surface area (Å²) in [5, 5.41) is 2.81. The largest absolute Gasteiger partial charge is 0.468 e. The molecule has 6 nitrogen and oxygen atoms in total. The molecule has 17 heavy (non-hydrogen) atoms. The van der Waals surface area contributed by atoms with E-state index >= 15 is 0 Å². The Balaban J connectivity index is 1.96. The molecule has 0 spiro atoms. The Morgan fingerprint density at radius 3 is 3.12 bits per heavy atom. The van der Waals surface area contributed by atoms with E-state index < -0.39 is 0 Å². The maximum atomic E-state index is 11.4. The standard InChI is InChI=1S/C11H17N3O3/c15-9-17-6-2-1-3-11(16)13-5-4-10-7-12-8-14-10/h7-9H,1-6H2,(H,12,14)(H,13,16). The van der Waals surface area contributed by atoms with Crippen LogP contribution in [-0.2, 0) is 20.7 Å². The zero-order chi connectivity index (χ0) is 12.3. The summed E-state index contributed by atoms with van der Waals surface area (Å²) in [6.07, 6.45) is 6.05. The van der Waals surface area contributed by atoms with Crippen LogP contribution in [0.2, 0.25) is 0 Å². The van der Waals surface area contributed by atoms with Crippen molar-refractivity contribution in [2.24, 2.45) is 0 Å². The van der Waals surface area contributed by atoms with E-state index in [4.69, 9.17) is 0 Å². The number of carbonyl (C=O) groups excluding carboxylic acids is 2. The molecule has 0 atom stereocenters. The van der Waals surface area contributed by atoms with E-state index in [1.807, 2.05) is 6.20 Å². The predicted molar refractivity (Wildman–Crippen MR) is 61.2 cm³/mol. The molecule has 0 saturated carbocycles. The Hall–Kier alpha value is -1.85. The third-order valence-electron chi connectivity index (χ3n) is 2.24. The molecule has 0 aliphatic carbocycles. The molecule has 1 heterocycles. The number of nitrogens with one attached hydrogen (secondary N) is 2. The van der Waals surface area contributed by atoms with Gasteiger partial charge in [0.2, 0.25) is 5.91 Å². The normalized spacial score (nSPS) is 9.88. The Morgan fingerprint density at radius 2 is 2.41 bits per heavy atom. The first-order chi connectivity index (χ1) is 8.33. The van der Waals surface area contributed by atoms with Crippen molar-refractivity contribution >= 4 is 12.4 Å². The summed E-state index contributed by atoms with van der Waals surface area (Å²) in [6, 6.07) is 0. The molecule has 2 N–H and O–H groups in total. The van der Waals surface area contributed by atoms with Crippen molar-refractivity contribution in [3.05, 3.63) is 18.2 Å². The SMILES string of the molecule is O=COCCCCC(=O)NCCc1c[nH]cn1. The quantitative estimate of drug-likeness (QED) is 0.483. The van der Waals surface area contributed by atoms with E-state index in [1.54, 1.807) is 6.33 Å². The summed E-state index contributed by atoms with van der Waals surface area (Å²) in [6.45, 7) is 1.39. The first-order valence-corrected chi connectivity index (χ1v) is 5.62. The van der Waals surface area contributed by atoms with Crippen molar-refractivity contribution in [3.63, 3.8) is 0 Å². The van der Waals surface area contributed by atoms with E-state index in [1.165, 1.54) is 0 Å². The second-order valence-electron chi connectivity index (χ2n) is 3.58. The lowest BCUT2D eigenvalue weighted by Crippen LogP contribution is -2.25. The molecule has 0 radical (unpaired) electrons.